The third kappa shape index (κ3) is 2.63. The third-order valence-corrected chi connectivity index (χ3v) is 3.40. The van der Waals surface area contributed by atoms with E-state index in [2.05, 4.69) is 15.4 Å². The SMILES string of the molecule is Cc1ccc(CNC(=O)c2cnn3c(O)cc(C)nc23)cc1. The van der Waals surface area contributed by atoms with E-state index in [0.29, 0.717) is 23.4 Å². The van der Waals surface area contributed by atoms with Crippen molar-refractivity contribution in [2.24, 2.45) is 0 Å². The number of hydrogen-bond acceptors (Lipinski definition) is 4. The van der Waals surface area contributed by atoms with Crippen molar-refractivity contribution in [3.05, 3.63) is 58.9 Å². The van der Waals surface area contributed by atoms with E-state index >= 15 is 0 Å². The predicted molar refractivity (Wildman–Crippen MR) is 81.7 cm³/mol. The summed E-state index contributed by atoms with van der Waals surface area (Å²) in [6, 6.07) is 9.44. The first kappa shape index (κ1) is 14.1. The van der Waals surface area contributed by atoms with Gasteiger partial charge in [-0.05, 0) is 19.4 Å². The van der Waals surface area contributed by atoms with Crippen molar-refractivity contribution in [3.8, 4) is 5.88 Å². The summed E-state index contributed by atoms with van der Waals surface area (Å²) in [7, 11) is 0. The molecule has 0 aliphatic carbocycles. The first-order chi connectivity index (χ1) is 10.5. The molecule has 3 aromatic rings. The van der Waals surface area contributed by atoms with Crippen LogP contribution in [0.4, 0.5) is 0 Å². The van der Waals surface area contributed by atoms with Crippen molar-refractivity contribution < 1.29 is 9.90 Å². The lowest BCUT2D eigenvalue weighted by atomic mass is 10.1. The van der Waals surface area contributed by atoms with Gasteiger partial charge in [0.25, 0.3) is 5.91 Å². The first-order valence-corrected chi connectivity index (χ1v) is 6.92. The van der Waals surface area contributed by atoms with Crippen LogP contribution in [0.3, 0.4) is 0 Å². The molecule has 6 heteroatoms. The first-order valence-electron chi connectivity index (χ1n) is 6.92. The molecule has 22 heavy (non-hydrogen) atoms. The number of aryl methyl sites for hydroxylation is 2. The Morgan fingerprint density at radius 3 is 2.73 bits per heavy atom. The largest absolute Gasteiger partial charge is 0.493 e. The van der Waals surface area contributed by atoms with Crippen LogP contribution >= 0.6 is 0 Å². The van der Waals surface area contributed by atoms with Gasteiger partial charge in [0.1, 0.15) is 5.56 Å². The number of nitrogens with zero attached hydrogens (tertiary/aromatic N) is 3. The lowest BCUT2D eigenvalue weighted by Gasteiger charge is -2.05. The average molecular weight is 296 g/mol. The lowest BCUT2D eigenvalue weighted by Crippen LogP contribution is -2.22. The smallest absolute Gasteiger partial charge is 0.257 e. The van der Waals surface area contributed by atoms with E-state index in [1.165, 1.54) is 22.3 Å². The molecular formula is C16H16N4O2. The Morgan fingerprint density at radius 2 is 2.00 bits per heavy atom. The van der Waals surface area contributed by atoms with E-state index < -0.39 is 0 Å². The number of fused-ring (bicyclic) bond motifs is 1. The van der Waals surface area contributed by atoms with Gasteiger partial charge in [-0.25, -0.2) is 4.98 Å². The monoisotopic (exact) mass is 296 g/mol. The molecule has 2 N–H and O–H groups in total. The van der Waals surface area contributed by atoms with E-state index in [-0.39, 0.29) is 11.8 Å². The maximum atomic E-state index is 12.3. The molecule has 2 heterocycles. The summed E-state index contributed by atoms with van der Waals surface area (Å²) < 4.78 is 1.24. The van der Waals surface area contributed by atoms with Crippen molar-refractivity contribution in [1.29, 1.82) is 0 Å². The van der Waals surface area contributed by atoms with Crippen LogP contribution in [0.2, 0.25) is 0 Å². The van der Waals surface area contributed by atoms with E-state index in [4.69, 9.17) is 0 Å². The summed E-state index contributed by atoms with van der Waals surface area (Å²) in [6.45, 7) is 4.19. The quantitative estimate of drug-likeness (QED) is 0.774. The Kier molecular flexibility index (Phi) is 3.50. The number of carbonyl (C=O) groups is 1. The van der Waals surface area contributed by atoms with Crippen LogP contribution < -0.4 is 5.32 Å². The van der Waals surface area contributed by atoms with Gasteiger partial charge in [0, 0.05) is 18.3 Å². The number of hydrogen-bond donors (Lipinski definition) is 2. The molecule has 0 fully saturated rings. The van der Waals surface area contributed by atoms with E-state index in [9.17, 15) is 9.90 Å². The molecule has 1 aromatic carbocycles. The molecule has 0 saturated heterocycles. The van der Waals surface area contributed by atoms with Gasteiger partial charge in [0.05, 0.1) is 6.20 Å². The fraction of sp³-hybridized carbons (Fsp3) is 0.188. The molecule has 0 aliphatic rings. The Labute approximate surface area is 127 Å². The molecule has 0 aliphatic heterocycles. The number of amides is 1. The maximum absolute atomic E-state index is 12.3. The van der Waals surface area contributed by atoms with Gasteiger partial charge >= 0.3 is 0 Å². The standard InChI is InChI=1S/C16H16N4O2/c1-10-3-5-12(6-4-10)8-17-16(22)13-9-18-20-14(21)7-11(2)19-15(13)20/h3-7,9,21H,8H2,1-2H3,(H,17,22). The topological polar surface area (TPSA) is 79.5 Å². The number of nitrogens with one attached hydrogen (secondary N) is 1. The third-order valence-electron chi connectivity index (χ3n) is 3.40. The highest BCUT2D eigenvalue weighted by Crippen LogP contribution is 2.16. The molecule has 0 spiro atoms. The van der Waals surface area contributed by atoms with Crippen LogP contribution in [0.5, 0.6) is 5.88 Å². The molecule has 6 nitrogen and oxygen atoms in total. The number of aromatic nitrogens is 3. The maximum Gasteiger partial charge on any atom is 0.257 e. The normalized spacial score (nSPS) is 10.8. The Morgan fingerprint density at radius 1 is 1.27 bits per heavy atom. The lowest BCUT2D eigenvalue weighted by molar-refractivity contribution is 0.0952. The average Bonchev–Trinajstić information content (AvgIpc) is 2.90. The van der Waals surface area contributed by atoms with Gasteiger partial charge in [-0.2, -0.15) is 9.61 Å². The van der Waals surface area contributed by atoms with Gasteiger partial charge in [0.2, 0.25) is 5.88 Å². The van der Waals surface area contributed by atoms with Crippen molar-refractivity contribution in [3.63, 3.8) is 0 Å². The summed E-state index contributed by atoms with van der Waals surface area (Å²) in [5.74, 6) is -0.312. The predicted octanol–water partition coefficient (Wildman–Crippen LogP) is 1.98. The van der Waals surface area contributed by atoms with Gasteiger partial charge in [-0.1, -0.05) is 29.8 Å². The van der Waals surface area contributed by atoms with Crippen LogP contribution in [0, 0.1) is 13.8 Å². The molecule has 1 amide bonds. The minimum atomic E-state index is -0.270. The van der Waals surface area contributed by atoms with Crippen LogP contribution in [-0.4, -0.2) is 25.6 Å². The van der Waals surface area contributed by atoms with E-state index in [0.717, 1.165) is 5.56 Å². The number of benzene rings is 1. The molecule has 0 unspecified atom stereocenters. The van der Waals surface area contributed by atoms with E-state index in [1.54, 1.807) is 6.92 Å². The summed E-state index contributed by atoms with van der Waals surface area (Å²) in [5.41, 5.74) is 3.50. The highest BCUT2D eigenvalue weighted by molar-refractivity contribution is 5.99. The summed E-state index contributed by atoms with van der Waals surface area (Å²) >= 11 is 0. The van der Waals surface area contributed by atoms with Crippen molar-refractivity contribution in [1.82, 2.24) is 19.9 Å². The molecular weight excluding hydrogens is 280 g/mol. The highest BCUT2D eigenvalue weighted by Gasteiger charge is 2.16. The minimum absolute atomic E-state index is 0.0416. The van der Waals surface area contributed by atoms with Gasteiger partial charge < -0.3 is 10.4 Å². The van der Waals surface area contributed by atoms with Crippen LogP contribution in [0.25, 0.3) is 5.65 Å². The minimum Gasteiger partial charge on any atom is -0.493 e. The fourth-order valence-electron chi connectivity index (χ4n) is 2.21. The number of aromatic hydroxyl groups is 1. The van der Waals surface area contributed by atoms with Crippen LogP contribution in [0.1, 0.15) is 27.2 Å². The second-order valence-electron chi connectivity index (χ2n) is 5.22. The Balaban J connectivity index is 1.82. The van der Waals surface area contributed by atoms with Crippen LogP contribution in [0.15, 0.2) is 36.5 Å². The van der Waals surface area contributed by atoms with Gasteiger partial charge in [-0.3, -0.25) is 4.79 Å². The number of carbonyl (C=O) groups excluding carboxylic acids is 1. The molecule has 112 valence electrons. The summed E-state index contributed by atoms with van der Waals surface area (Å²) in [5, 5.41) is 16.6. The molecule has 3 rings (SSSR count). The van der Waals surface area contributed by atoms with Crippen molar-refractivity contribution in [2.45, 2.75) is 20.4 Å². The molecule has 0 atom stereocenters. The molecule has 0 saturated carbocycles. The molecule has 0 bridgehead atoms. The fourth-order valence-corrected chi connectivity index (χ4v) is 2.21. The summed E-state index contributed by atoms with van der Waals surface area (Å²) in [4.78, 5) is 16.6. The zero-order valence-electron chi connectivity index (χ0n) is 12.4. The Bertz CT molecular complexity index is 837. The zero-order chi connectivity index (χ0) is 15.7. The van der Waals surface area contributed by atoms with E-state index in [1.807, 2.05) is 31.2 Å². The Hall–Kier alpha value is -2.89. The van der Waals surface area contributed by atoms with Crippen LogP contribution in [-0.2, 0) is 6.54 Å². The molecule has 2 aromatic heterocycles. The molecule has 0 radical (unpaired) electrons. The highest BCUT2D eigenvalue weighted by atomic mass is 16.3. The number of rotatable bonds is 3. The zero-order valence-corrected chi connectivity index (χ0v) is 12.4. The van der Waals surface area contributed by atoms with Crippen molar-refractivity contribution in [2.75, 3.05) is 0 Å². The second kappa shape index (κ2) is 5.48. The van der Waals surface area contributed by atoms with Gasteiger partial charge in [0.15, 0.2) is 5.65 Å². The summed E-state index contributed by atoms with van der Waals surface area (Å²) in [6.07, 6.45) is 1.41. The van der Waals surface area contributed by atoms with Crippen molar-refractivity contribution >= 4 is 11.6 Å². The second-order valence-corrected chi connectivity index (χ2v) is 5.22. The van der Waals surface area contributed by atoms with Gasteiger partial charge in [-0.15, -0.1) is 0 Å².